The van der Waals surface area contributed by atoms with Crippen LogP contribution in [0, 0.1) is 11.7 Å². The number of hydrogen-bond acceptors (Lipinski definition) is 4. The average Bonchev–Trinajstić information content (AvgIpc) is 2.92. The molecule has 7 heteroatoms. The van der Waals surface area contributed by atoms with Gasteiger partial charge in [0, 0.05) is 42.9 Å². The summed E-state index contributed by atoms with van der Waals surface area (Å²) in [7, 11) is 0. The fourth-order valence-electron chi connectivity index (χ4n) is 4.14. The highest BCUT2D eigenvalue weighted by Gasteiger charge is 2.40. The molecule has 26 heavy (non-hydrogen) atoms. The second-order valence-corrected chi connectivity index (χ2v) is 7.52. The van der Waals surface area contributed by atoms with Gasteiger partial charge in [0.15, 0.2) is 0 Å². The quantitative estimate of drug-likeness (QED) is 0.818. The molecule has 1 unspecified atom stereocenters. The Hall–Kier alpha value is -2.44. The number of piperidine rings is 2. The molecule has 3 aliphatic heterocycles. The van der Waals surface area contributed by atoms with Crippen molar-refractivity contribution in [3.8, 4) is 0 Å². The number of fused-ring (bicyclic) bond motifs is 1. The SMILES string of the molecule is CC1CCN(c2cc(F)cc3c2CN(C2CCC(=O)NC2=O)C3=O)CC1. The van der Waals surface area contributed by atoms with Crippen molar-refractivity contribution >= 4 is 23.4 Å². The fraction of sp³-hybridized carbons (Fsp3) is 0.526. The highest BCUT2D eigenvalue weighted by Crippen LogP contribution is 2.36. The van der Waals surface area contributed by atoms with Crippen molar-refractivity contribution in [2.75, 3.05) is 18.0 Å². The summed E-state index contributed by atoms with van der Waals surface area (Å²) in [5.74, 6) is -0.883. The van der Waals surface area contributed by atoms with Crippen molar-refractivity contribution in [3.63, 3.8) is 0 Å². The van der Waals surface area contributed by atoms with E-state index in [2.05, 4.69) is 17.1 Å². The highest BCUT2D eigenvalue weighted by atomic mass is 19.1. The van der Waals surface area contributed by atoms with Gasteiger partial charge in [-0.2, -0.15) is 0 Å². The number of hydrogen-bond donors (Lipinski definition) is 1. The van der Waals surface area contributed by atoms with Crippen molar-refractivity contribution < 1.29 is 18.8 Å². The molecule has 3 heterocycles. The summed E-state index contributed by atoms with van der Waals surface area (Å²) in [6.45, 7) is 4.16. The van der Waals surface area contributed by atoms with Crippen molar-refractivity contribution in [1.29, 1.82) is 0 Å². The monoisotopic (exact) mass is 359 g/mol. The van der Waals surface area contributed by atoms with E-state index in [1.54, 1.807) is 0 Å². The number of carbonyl (C=O) groups excluding carboxylic acids is 3. The number of halogens is 1. The Balaban J connectivity index is 1.64. The lowest BCUT2D eigenvalue weighted by Gasteiger charge is -2.33. The second kappa shape index (κ2) is 6.37. The van der Waals surface area contributed by atoms with E-state index in [1.165, 1.54) is 17.0 Å². The maximum Gasteiger partial charge on any atom is 0.255 e. The lowest BCUT2D eigenvalue weighted by molar-refractivity contribution is -0.136. The van der Waals surface area contributed by atoms with Crippen LogP contribution < -0.4 is 10.2 Å². The predicted molar refractivity (Wildman–Crippen MR) is 93.1 cm³/mol. The molecule has 6 nitrogen and oxygen atoms in total. The molecule has 138 valence electrons. The smallest absolute Gasteiger partial charge is 0.255 e. The van der Waals surface area contributed by atoms with Crippen LogP contribution in [-0.4, -0.2) is 41.8 Å². The average molecular weight is 359 g/mol. The van der Waals surface area contributed by atoms with E-state index < -0.39 is 17.8 Å². The molecule has 0 saturated carbocycles. The lowest BCUT2D eigenvalue weighted by Crippen LogP contribution is -2.52. The first-order valence-corrected chi connectivity index (χ1v) is 9.16. The third-order valence-electron chi connectivity index (χ3n) is 5.72. The van der Waals surface area contributed by atoms with Crippen LogP contribution in [0.5, 0.6) is 0 Å². The molecule has 0 radical (unpaired) electrons. The molecular formula is C19H22FN3O3. The van der Waals surface area contributed by atoms with Crippen LogP contribution in [0.2, 0.25) is 0 Å². The molecule has 1 aromatic carbocycles. The van der Waals surface area contributed by atoms with Gasteiger partial charge in [-0.15, -0.1) is 0 Å². The Kier molecular flexibility index (Phi) is 4.17. The van der Waals surface area contributed by atoms with Crippen LogP contribution in [0.15, 0.2) is 12.1 Å². The van der Waals surface area contributed by atoms with Gasteiger partial charge in [-0.25, -0.2) is 4.39 Å². The molecule has 4 rings (SSSR count). The summed E-state index contributed by atoms with van der Waals surface area (Å²) in [5, 5.41) is 2.29. The summed E-state index contributed by atoms with van der Waals surface area (Å²) >= 11 is 0. The summed E-state index contributed by atoms with van der Waals surface area (Å²) in [4.78, 5) is 40.0. The minimum absolute atomic E-state index is 0.210. The predicted octanol–water partition coefficient (Wildman–Crippen LogP) is 1.82. The van der Waals surface area contributed by atoms with Gasteiger partial charge in [-0.1, -0.05) is 6.92 Å². The van der Waals surface area contributed by atoms with Crippen molar-refractivity contribution in [3.05, 3.63) is 29.1 Å². The van der Waals surface area contributed by atoms with E-state index in [0.29, 0.717) is 17.9 Å². The van der Waals surface area contributed by atoms with E-state index in [4.69, 9.17) is 0 Å². The third-order valence-corrected chi connectivity index (χ3v) is 5.72. The van der Waals surface area contributed by atoms with Crippen LogP contribution in [0.25, 0.3) is 0 Å². The summed E-state index contributed by atoms with van der Waals surface area (Å²) in [6.07, 6.45) is 2.59. The lowest BCUT2D eigenvalue weighted by atomic mass is 9.97. The van der Waals surface area contributed by atoms with E-state index in [-0.39, 0.29) is 24.8 Å². The van der Waals surface area contributed by atoms with Crippen LogP contribution in [0.3, 0.4) is 0 Å². The Morgan fingerprint density at radius 2 is 1.85 bits per heavy atom. The molecule has 0 spiro atoms. The third kappa shape index (κ3) is 2.85. The number of anilines is 1. The molecular weight excluding hydrogens is 337 g/mol. The van der Waals surface area contributed by atoms with E-state index in [1.807, 2.05) is 0 Å². The largest absolute Gasteiger partial charge is 0.371 e. The number of imide groups is 1. The standard InChI is InChI=1S/C19H22FN3O3/c1-11-4-6-22(7-5-11)16-9-12(20)8-13-14(16)10-23(19(13)26)15-2-3-17(24)21-18(15)25/h8-9,11,15H,2-7,10H2,1H3,(H,21,24,25). The maximum absolute atomic E-state index is 14.2. The van der Waals surface area contributed by atoms with Gasteiger partial charge in [-0.05, 0) is 37.3 Å². The van der Waals surface area contributed by atoms with Gasteiger partial charge in [-0.3, -0.25) is 19.7 Å². The number of carbonyl (C=O) groups is 3. The first-order valence-electron chi connectivity index (χ1n) is 9.16. The number of benzene rings is 1. The first-order chi connectivity index (χ1) is 12.4. The number of nitrogens with zero attached hydrogens (tertiary/aromatic N) is 2. The maximum atomic E-state index is 14.2. The molecule has 3 aliphatic rings. The van der Waals surface area contributed by atoms with Crippen LogP contribution >= 0.6 is 0 Å². The minimum Gasteiger partial charge on any atom is -0.371 e. The number of nitrogens with one attached hydrogen (secondary N) is 1. The molecule has 0 aliphatic carbocycles. The highest BCUT2D eigenvalue weighted by molar-refractivity contribution is 6.06. The van der Waals surface area contributed by atoms with Crippen LogP contribution in [-0.2, 0) is 16.1 Å². The zero-order valence-corrected chi connectivity index (χ0v) is 14.8. The molecule has 1 N–H and O–H groups in total. The van der Waals surface area contributed by atoms with Gasteiger partial charge in [0.05, 0.1) is 0 Å². The summed E-state index contributed by atoms with van der Waals surface area (Å²) in [5.41, 5.74) is 1.88. The summed E-state index contributed by atoms with van der Waals surface area (Å²) in [6, 6.07) is 2.08. The Labute approximate surface area is 151 Å². The van der Waals surface area contributed by atoms with E-state index in [9.17, 15) is 18.8 Å². The molecule has 2 saturated heterocycles. The van der Waals surface area contributed by atoms with Crippen molar-refractivity contribution in [1.82, 2.24) is 10.2 Å². The Bertz CT molecular complexity index is 786. The van der Waals surface area contributed by atoms with Gasteiger partial charge in [0.1, 0.15) is 11.9 Å². The minimum atomic E-state index is -0.676. The Morgan fingerprint density at radius 1 is 1.12 bits per heavy atom. The number of rotatable bonds is 2. The molecule has 0 aromatic heterocycles. The zero-order valence-electron chi connectivity index (χ0n) is 14.8. The zero-order chi connectivity index (χ0) is 18.4. The molecule has 1 atom stereocenters. The first kappa shape index (κ1) is 17.0. The van der Waals surface area contributed by atoms with Gasteiger partial charge in [0.2, 0.25) is 11.8 Å². The van der Waals surface area contributed by atoms with Gasteiger partial charge in [0.25, 0.3) is 5.91 Å². The Morgan fingerprint density at radius 3 is 2.54 bits per heavy atom. The molecule has 0 bridgehead atoms. The van der Waals surface area contributed by atoms with E-state index >= 15 is 0 Å². The fourth-order valence-corrected chi connectivity index (χ4v) is 4.14. The summed E-state index contributed by atoms with van der Waals surface area (Å²) < 4.78 is 14.2. The molecule has 3 amide bonds. The van der Waals surface area contributed by atoms with Gasteiger partial charge < -0.3 is 9.80 Å². The van der Waals surface area contributed by atoms with Crippen LogP contribution in [0.4, 0.5) is 10.1 Å². The van der Waals surface area contributed by atoms with Crippen LogP contribution in [0.1, 0.15) is 48.5 Å². The normalized spacial score (nSPS) is 24.1. The molecule has 2 fully saturated rings. The van der Waals surface area contributed by atoms with Gasteiger partial charge >= 0.3 is 0 Å². The second-order valence-electron chi connectivity index (χ2n) is 7.52. The topological polar surface area (TPSA) is 69.7 Å². The van der Waals surface area contributed by atoms with Crippen molar-refractivity contribution in [2.24, 2.45) is 5.92 Å². The van der Waals surface area contributed by atoms with Crippen molar-refractivity contribution in [2.45, 2.75) is 45.2 Å². The van der Waals surface area contributed by atoms with E-state index in [0.717, 1.165) is 37.2 Å². The molecule has 1 aromatic rings. The number of amides is 3.